The van der Waals surface area contributed by atoms with E-state index in [9.17, 15) is 4.79 Å². The zero-order chi connectivity index (χ0) is 13.9. The van der Waals surface area contributed by atoms with Gasteiger partial charge in [-0.3, -0.25) is 4.40 Å². The average Bonchev–Trinajstić information content (AvgIpc) is 3.08. The fourth-order valence-electron chi connectivity index (χ4n) is 1.62. The van der Waals surface area contributed by atoms with E-state index >= 15 is 0 Å². The first kappa shape index (κ1) is 12.7. The molecule has 0 saturated carbocycles. The molecule has 0 aromatic carbocycles. The van der Waals surface area contributed by atoms with Gasteiger partial charge in [0.2, 0.25) is 0 Å². The van der Waals surface area contributed by atoms with Crippen LogP contribution in [0.3, 0.4) is 0 Å². The van der Waals surface area contributed by atoms with E-state index in [-0.39, 0.29) is 17.7 Å². The number of hydrogen-bond donors (Lipinski definition) is 0. The van der Waals surface area contributed by atoms with Gasteiger partial charge < -0.3 is 9.15 Å². The first-order valence-electron chi connectivity index (χ1n) is 5.88. The lowest BCUT2D eigenvalue weighted by molar-refractivity contribution is 0.0475. The molecule has 3 rings (SSSR count). The van der Waals surface area contributed by atoms with E-state index in [0.29, 0.717) is 0 Å². The second-order valence-electron chi connectivity index (χ2n) is 3.72. The van der Waals surface area contributed by atoms with E-state index in [0.717, 1.165) is 10.7 Å². The van der Waals surface area contributed by atoms with Crippen LogP contribution in [0.1, 0.15) is 17.6 Å². The Balaban J connectivity index is 1.84. The van der Waals surface area contributed by atoms with Gasteiger partial charge in [-0.15, -0.1) is 5.10 Å². The maximum Gasteiger partial charge on any atom is 0.396 e. The van der Waals surface area contributed by atoms with Gasteiger partial charge >= 0.3 is 11.9 Å². The molecule has 0 spiro atoms. The smallest absolute Gasteiger partial charge is 0.396 e. The van der Waals surface area contributed by atoms with Crippen LogP contribution in [-0.4, -0.2) is 32.2 Å². The highest BCUT2D eigenvalue weighted by atomic mass is 32.2. The van der Waals surface area contributed by atoms with Crippen molar-refractivity contribution >= 4 is 23.4 Å². The molecule has 8 heteroatoms. The maximum absolute atomic E-state index is 11.4. The summed E-state index contributed by atoms with van der Waals surface area (Å²) >= 11 is 1.25. The summed E-state index contributed by atoms with van der Waals surface area (Å²) in [4.78, 5) is 15.6. The summed E-state index contributed by atoms with van der Waals surface area (Å²) in [6, 6.07) is 5.67. The lowest BCUT2D eigenvalue weighted by Gasteiger charge is -2.00. The highest BCUT2D eigenvalue weighted by Gasteiger charge is 2.17. The Morgan fingerprint density at radius 2 is 2.35 bits per heavy atom. The highest BCUT2D eigenvalue weighted by Crippen LogP contribution is 2.26. The predicted octanol–water partition coefficient (Wildman–Crippen LogP) is 2.05. The van der Waals surface area contributed by atoms with E-state index in [2.05, 4.69) is 15.2 Å². The molecule has 0 aliphatic heterocycles. The number of aromatic nitrogens is 4. The van der Waals surface area contributed by atoms with Gasteiger partial charge in [0.05, 0.1) is 11.6 Å². The van der Waals surface area contributed by atoms with Crippen LogP contribution >= 0.6 is 11.8 Å². The van der Waals surface area contributed by atoms with Gasteiger partial charge in [-0.1, -0.05) is 11.2 Å². The topological polar surface area (TPSA) is 82.5 Å². The number of rotatable bonds is 4. The van der Waals surface area contributed by atoms with E-state index in [1.165, 1.54) is 11.8 Å². The number of ether oxygens (including phenoxy) is 1. The number of hydrogen-bond acceptors (Lipinski definition) is 7. The minimum atomic E-state index is -0.618. The maximum atomic E-state index is 11.4. The second kappa shape index (κ2) is 5.33. The number of pyridine rings is 1. The highest BCUT2D eigenvalue weighted by molar-refractivity contribution is 7.99. The summed E-state index contributed by atoms with van der Waals surface area (Å²) < 4.78 is 11.9. The third-order valence-corrected chi connectivity index (χ3v) is 3.32. The van der Waals surface area contributed by atoms with Crippen molar-refractivity contribution in [1.29, 1.82) is 0 Å². The SMILES string of the molecule is CCOC(=O)c1nnc(Sc2cccc3nccn23)o1. The number of nitrogens with zero attached hydrogens (tertiary/aromatic N) is 4. The molecule has 3 heterocycles. The van der Waals surface area contributed by atoms with Gasteiger partial charge in [-0.25, -0.2) is 9.78 Å². The molecule has 0 bridgehead atoms. The zero-order valence-corrected chi connectivity index (χ0v) is 11.3. The summed E-state index contributed by atoms with van der Waals surface area (Å²) in [6.07, 6.45) is 3.54. The largest absolute Gasteiger partial charge is 0.459 e. The van der Waals surface area contributed by atoms with Crippen molar-refractivity contribution < 1.29 is 13.9 Å². The average molecular weight is 290 g/mol. The van der Waals surface area contributed by atoms with Gasteiger partial charge in [0.25, 0.3) is 5.22 Å². The van der Waals surface area contributed by atoms with Crippen molar-refractivity contribution in [2.75, 3.05) is 6.61 Å². The molecule has 0 unspecified atom stereocenters. The zero-order valence-electron chi connectivity index (χ0n) is 10.5. The quantitative estimate of drug-likeness (QED) is 0.680. The van der Waals surface area contributed by atoms with Gasteiger partial charge in [-0.05, 0) is 30.8 Å². The Hall–Kier alpha value is -2.35. The molecule has 0 aliphatic rings. The lowest BCUT2D eigenvalue weighted by Crippen LogP contribution is -2.04. The van der Waals surface area contributed by atoms with Crippen LogP contribution in [0, 0.1) is 0 Å². The first-order valence-corrected chi connectivity index (χ1v) is 6.70. The molecule has 3 aromatic heterocycles. The van der Waals surface area contributed by atoms with Gasteiger partial charge in [0, 0.05) is 12.4 Å². The van der Waals surface area contributed by atoms with Gasteiger partial charge in [0.1, 0.15) is 5.65 Å². The van der Waals surface area contributed by atoms with Crippen molar-refractivity contribution in [3.8, 4) is 0 Å². The molecule has 0 atom stereocenters. The third kappa shape index (κ3) is 2.37. The normalized spacial score (nSPS) is 10.8. The van der Waals surface area contributed by atoms with Gasteiger partial charge in [0.15, 0.2) is 0 Å². The predicted molar refractivity (Wildman–Crippen MR) is 69.6 cm³/mol. The molecule has 0 aliphatic carbocycles. The van der Waals surface area contributed by atoms with Crippen LogP contribution in [0.4, 0.5) is 0 Å². The number of carbonyl (C=O) groups excluding carboxylic acids is 1. The van der Waals surface area contributed by atoms with Crippen LogP contribution in [-0.2, 0) is 4.74 Å². The van der Waals surface area contributed by atoms with E-state index in [4.69, 9.17) is 9.15 Å². The summed E-state index contributed by atoms with van der Waals surface area (Å²) in [7, 11) is 0. The Labute approximate surface area is 118 Å². The molecule has 3 aromatic rings. The molecule has 0 radical (unpaired) electrons. The van der Waals surface area contributed by atoms with Crippen LogP contribution < -0.4 is 0 Å². The van der Waals surface area contributed by atoms with Crippen LogP contribution in [0.25, 0.3) is 5.65 Å². The summed E-state index contributed by atoms with van der Waals surface area (Å²) in [5, 5.41) is 8.61. The second-order valence-corrected chi connectivity index (χ2v) is 4.69. The van der Waals surface area contributed by atoms with Gasteiger partial charge in [-0.2, -0.15) is 0 Å². The molecule has 7 nitrogen and oxygen atoms in total. The van der Waals surface area contributed by atoms with Crippen molar-refractivity contribution in [2.24, 2.45) is 0 Å². The first-order chi connectivity index (χ1) is 9.78. The minimum Gasteiger partial charge on any atom is -0.459 e. The summed E-state index contributed by atoms with van der Waals surface area (Å²) in [5.74, 6) is -0.764. The number of imidazole rings is 1. The summed E-state index contributed by atoms with van der Waals surface area (Å²) in [6.45, 7) is 1.97. The Kier molecular flexibility index (Phi) is 3.38. The van der Waals surface area contributed by atoms with E-state index in [1.807, 2.05) is 28.8 Å². The molecular weight excluding hydrogens is 280 g/mol. The number of carbonyl (C=O) groups is 1. The van der Waals surface area contributed by atoms with E-state index in [1.54, 1.807) is 13.1 Å². The molecule has 0 fully saturated rings. The standard InChI is InChI=1S/C12H10N4O3S/c1-2-18-11(17)10-14-15-12(19-10)20-9-5-3-4-8-13-6-7-16(8)9/h3-7H,2H2,1H3. The van der Waals surface area contributed by atoms with Crippen LogP contribution in [0.2, 0.25) is 0 Å². The molecule has 0 saturated heterocycles. The fourth-order valence-corrected chi connectivity index (χ4v) is 2.40. The number of esters is 1. The summed E-state index contributed by atoms with van der Waals surface area (Å²) in [5.41, 5.74) is 0.820. The minimum absolute atomic E-state index is 0.146. The van der Waals surface area contributed by atoms with Crippen LogP contribution in [0.5, 0.6) is 0 Å². The third-order valence-electron chi connectivity index (χ3n) is 2.44. The Bertz CT molecular complexity index is 752. The molecule has 0 amide bonds. The van der Waals surface area contributed by atoms with Crippen LogP contribution in [0.15, 0.2) is 45.3 Å². The monoisotopic (exact) mass is 290 g/mol. The van der Waals surface area contributed by atoms with E-state index < -0.39 is 5.97 Å². The fraction of sp³-hybridized carbons (Fsp3) is 0.167. The van der Waals surface area contributed by atoms with Crippen molar-refractivity contribution in [3.05, 3.63) is 36.5 Å². The van der Waals surface area contributed by atoms with Crippen molar-refractivity contribution in [3.63, 3.8) is 0 Å². The lowest BCUT2D eigenvalue weighted by atomic mass is 10.5. The molecule has 102 valence electrons. The molecule has 0 N–H and O–H groups in total. The van der Waals surface area contributed by atoms with Crippen molar-refractivity contribution in [2.45, 2.75) is 17.2 Å². The Morgan fingerprint density at radius 3 is 3.20 bits per heavy atom. The molecule has 20 heavy (non-hydrogen) atoms. The Morgan fingerprint density at radius 1 is 1.45 bits per heavy atom. The van der Waals surface area contributed by atoms with Crippen molar-refractivity contribution in [1.82, 2.24) is 19.6 Å². The number of fused-ring (bicyclic) bond motifs is 1. The molecular formula is C12H10N4O3S.